The molecule has 0 aliphatic carbocycles. The number of anilines is 1. The molecule has 0 atom stereocenters. The summed E-state index contributed by atoms with van der Waals surface area (Å²) >= 11 is 0. The molecule has 1 aliphatic rings. The smallest absolute Gasteiger partial charge is 0.255 e. The molecule has 0 aromatic heterocycles. The molecule has 4 rings (SSSR count). The quantitative estimate of drug-likeness (QED) is 0.671. The number of hydrogen-bond acceptors (Lipinski definition) is 3. The molecule has 30 heavy (non-hydrogen) atoms. The number of piperidine rings is 1. The summed E-state index contributed by atoms with van der Waals surface area (Å²) in [6.45, 7) is 2.17. The maximum atomic E-state index is 12.5. The first kappa shape index (κ1) is 20.2. The van der Waals surface area contributed by atoms with Crippen LogP contribution in [0.15, 0.2) is 72.8 Å². The predicted octanol–water partition coefficient (Wildman–Crippen LogP) is 3.34. The molecule has 5 heteroatoms. The van der Waals surface area contributed by atoms with Gasteiger partial charge in [-0.05, 0) is 55.3 Å². The van der Waals surface area contributed by atoms with Gasteiger partial charge < -0.3 is 15.0 Å². The van der Waals surface area contributed by atoms with Gasteiger partial charge in [-0.15, -0.1) is 0 Å². The number of hydrogen-bond donors (Lipinski definition) is 1. The molecular formula is C25H27BN2O2. The van der Waals surface area contributed by atoms with Crippen molar-refractivity contribution in [3.8, 4) is 16.9 Å². The number of amides is 1. The van der Waals surface area contributed by atoms with E-state index in [1.54, 1.807) is 0 Å². The van der Waals surface area contributed by atoms with E-state index in [2.05, 4.69) is 29.4 Å². The van der Waals surface area contributed by atoms with Gasteiger partial charge in [0.1, 0.15) is 19.7 Å². The van der Waals surface area contributed by atoms with Crippen molar-refractivity contribution in [3.63, 3.8) is 0 Å². The minimum atomic E-state index is -0.103. The molecule has 0 bridgehead atoms. The third kappa shape index (κ3) is 5.11. The summed E-state index contributed by atoms with van der Waals surface area (Å²) in [5.74, 6) is 0.811. The van der Waals surface area contributed by atoms with Gasteiger partial charge in [0.15, 0.2) is 0 Å². The van der Waals surface area contributed by atoms with Crippen molar-refractivity contribution in [3.05, 3.63) is 78.4 Å². The summed E-state index contributed by atoms with van der Waals surface area (Å²) in [6, 6.07) is 23.7. The van der Waals surface area contributed by atoms with Gasteiger partial charge in [0, 0.05) is 24.3 Å². The molecule has 3 aromatic carbocycles. The fraction of sp³-hybridized carbons (Fsp3) is 0.240. The minimum absolute atomic E-state index is 0.103. The molecule has 1 N–H and O–H groups in total. The average molecular weight is 398 g/mol. The Kier molecular flexibility index (Phi) is 6.19. The number of benzene rings is 3. The van der Waals surface area contributed by atoms with E-state index in [1.807, 2.05) is 68.5 Å². The highest BCUT2D eigenvalue weighted by Gasteiger charge is 2.17. The molecule has 1 saturated heterocycles. The number of nitrogens with one attached hydrogen (secondary N) is 1. The lowest BCUT2D eigenvalue weighted by atomic mass is 9.95. The summed E-state index contributed by atoms with van der Waals surface area (Å²) < 4.78 is 6.14. The van der Waals surface area contributed by atoms with Crippen LogP contribution in [0.4, 0.5) is 5.69 Å². The number of likely N-dealkylation sites (tertiary alicyclic amines) is 1. The maximum Gasteiger partial charge on any atom is 0.255 e. The molecule has 0 spiro atoms. The Labute approximate surface area is 179 Å². The molecule has 0 unspecified atom stereocenters. The van der Waals surface area contributed by atoms with Gasteiger partial charge in [0.05, 0.1) is 0 Å². The molecule has 4 nitrogen and oxygen atoms in total. The van der Waals surface area contributed by atoms with Crippen LogP contribution in [0.2, 0.25) is 0 Å². The summed E-state index contributed by atoms with van der Waals surface area (Å²) in [7, 11) is 4.16. The highest BCUT2D eigenvalue weighted by molar-refractivity contribution is 6.32. The molecule has 152 valence electrons. The second-order valence-electron chi connectivity index (χ2n) is 8.05. The van der Waals surface area contributed by atoms with Crippen LogP contribution in [-0.4, -0.2) is 44.9 Å². The molecule has 0 saturated carbocycles. The van der Waals surface area contributed by atoms with Crippen molar-refractivity contribution >= 4 is 24.9 Å². The van der Waals surface area contributed by atoms with E-state index in [9.17, 15) is 4.79 Å². The first-order valence-electron chi connectivity index (χ1n) is 10.5. The predicted molar refractivity (Wildman–Crippen MR) is 126 cm³/mol. The van der Waals surface area contributed by atoms with Crippen LogP contribution in [0.1, 0.15) is 23.2 Å². The van der Waals surface area contributed by atoms with Crippen molar-refractivity contribution in [1.82, 2.24) is 4.90 Å². The van der Waals surface area contributed by atoms with Gasteiger partial charge in [-0.25, -0.2) is 0 Å². The van der Waals surface area contributed by atoms with Crippen molar-refractivity contribution < 1.29 is 9.53 Å². The lowest BCUT2D eigenvalue weighted by molar-refractivity contribution is 0.102. The minimum Gasteiger partial charge on any atom is -0.490 e. The topological polar surface area (TPSA) is 41.6 Å². The summed E-state index contributed by atoms with van der Waals surface area (Å²) in [5.41, 5.74) is 4.72. The molecule has 3 aromatic rings. The van der Waals surface area contributed by atoms with E-state index in [4.69, 9.17) is 4.74 Å². The van der Waals surface area contributed by atoms with E-state index in [-0.39, 0.29) is 5.91 Å². The van der Waals surface area contributed by atoms with E-state index in [0.717, 1.165) is 54.0 Å². The Hall–Kier alpha value is -3.05. The van der Waals surface area contributed by atoms with Crippen LogP contribution in [0, 0.1) is 0 Å². The second kappa shape index (κ2) is 9.18. The van der Waals surface area contributed by atoms with Crippen LogP contribution in [0.5, 0.6) is 5.75 Å². The SMILES string of the molecule is Bc1ccc(C(=O)Nc2cccc(-c3ccc(OC4CCN(C)CC4)cc3)c2)cc1. The Balaban J connectivity index is 1.41. The van der Waals surface area contributed by atoms with Crippen LogP contribution in [0.25, 0.3) is 11.1 Å². The third-order valence-corrected chi connectivity index (χ3v) is 5.59. The number of ether oxygens (including phenoxy) is 1. The first-order chi connectivity index (χ1) is 14.6. The zero-order valence-electron chi connectivity index (χ0n) is 17.6. The number of nitrogens with zero attached hydrogens (tertiary/aromatic N) is 1. The van der Waals surface area contributed by atoms with Crippen molar-refractivity contribution in [2.75, 3.05) is 25.5 Å². The van der Waals surface area contributed by atoms with Crippen molar-refractivity contribution in [2.24, 2.45) is 0 Å². The largest absolute Gasteiger partial charge is 0.490 e. The zero-order valence-corrected chi connectivity index (χ0v) is 17.6. The maximum absolute atomic E-state index is 12.5. The van der Waals surface area contributed by atoms with Gasteiger partial charge in [-0.3, -0.25) is 4.79 Å². The van der Waals surface area contributed by atoms with Crippen LogP contribution < -0.4 is 15.5 Å². The standard InChI is InChI=1S/C25H27BN2O2/c1-28-15-13-24(14-16-28)30-23-11-7-18(8-12-23)20-3-2-4-22(17-20)27-25(29)19-5-9-21(26)10-6-19/h2-12,17,24H,13-16,26H2,1H3,(H,27,29). The van der Waals surface area contributed by atoms with Gasteiger partial charge in [0.25, 0.3) is 5.91 Å². The van der Waals surface area contributed by atoms with Crippen LogP contribution >= 0.6 is 0 Å². The Bertz CT molecular complexity index is 994. The van der Waals surface area contributed by atoms with Crippen molar-refractivity contribution in [2.45, 2.75) is 18.9 Å². The summed E-state index contributed by atoms with van der Waals surface area (Å²) in [6.07, 6.45) is 2.44. The van der Waals surface area contributed by atoms with Crippen molar-refractivity contribution in [1.29, 1.82) is 0 Å². The second-order valence-corrected chi connectivity index (χ2v) is 8.05. The van der Waals surface area contributed by atoms with Gasteiger partial charge in [0.2, 0.25) is 0 Å². The molecular weight excluding hydrogens is 371 g/mol. The zero-order chi connectivity index (χ0) is 20.9. The molecule has 1 fully saturated rings. The lowest BCUT2D eigenvalue weighted by Crippen LogP contribution is -2.35. The Morgan fingerprint density at radius 2 is 1.67 bits per heavy atom. The monoisotopic (exact) mass is 398 g/mol. The molecule has 1 heterocycles. The van der Waals surface area contributed by atoms with E-state index < -0.39 is 0 Å². The summed E-state index contributed by atoms with van der Waals surface area (Å²) in [5, 5.41) is 2.99. The normalized spacial score (nSPS) is 15.0. The highest BCUT2D eigenvalue weighted by Crippen LogP contribution is 2.26. The summed E-state index contributed by atoms with van der Waals surface area (Å²) in [4.78, 5) is 14.8. The number of rotatable bonds is 5. The van der Waals surface area contributed by atoms with Gasteiger partial charge in [-0.2, -0.15) is 0 Å². The van der Waals surface area contributed by atoms with Gasteiger partial charge in [-0.1, -0.05) is 54.0 Å². The Morgan fingerprint density at radius 3 is 2.37 bits per heavy atom. The number of carbonyl (C=O) groups excluding carboxylic acids is 1. The van der Waals surface area contributed by atoms with Gasteiger partial charge >= 0.3 is 0 Å². The highest BCUT2D eigenvalue weighted by atomic mass is 16.5. The Morgan fingerprint density at radius 1 is 0.967 bits per heavy atom. The lowest BCUT2D eigenvalue weighted by Gasteiger charge is -2.29. The first-order valence-corrected chi connectivity index (χ1v) is 10.5. The van der Waals surface area contributed by atoms with Crippen LogP contribution in [0.3, 0.4) is 0 Å². The van der Waals surface area contributed by atoms with E-state index in [1.165, 1.54) is 0 Å². The number of carbonyl (C=O) groups is 1. The van der Waals surface area contributed by atoms with E-state index in [0.29, 0.717) is 11.7 Å². The molecule has 0 radical (unpaired) electrons. The fourth-order valence-electron chi connectivity index (χ4n) is 3.71. The third-order valence-electron chi connectivity index (χ3n) is 5.59. The fourth-order valence-corrected chi connectivity index (χ4v) is 3.71. The van der Waals surface area contributed by atoms with E-state index >= 15 is 0 Å². The molecule has 1 aliphatic heterocycles. The molecule has 1 amide bonds. The average Bonchev–Trinajstić information content (AvgIpc) is 2.76. The van der Waals surface area contributed by atoms with Crippen LogP contribution in [-0.2, 0) is 0 Å².